The molecular weight excluding hydrogens is 390 g/mol. The van der Waals surface area contributed by atoms with Crippen LogP contribution in [0.3, 0.4) is 0 Å². The molecule has 5 nitrogen and oxygen atoms in total. The lowest BCUT2D eigenvalue weighted by Gasteiger charge is -2.16. The van der Waals surface area contributed by atoms with Crippen LogP contribution in [-0.2, 0) is 29.4 Å². The average Bonchev–Trinajstić information content (AvgIpc) is 3.04. The second kappa shape index (κ2) is 10.2. The first kappa shape index (κ1) is 22.5. The van der Waals surface area contributed by atoms with Crippen LogP contribution >= 0.6 is 0 Å². The number of imidazole rings is 1. The molecule has 1 aromatic heterocycles. The third-order valence-corrected chi connectivity index (χ3v) is 6.57. The number of ether oxygens (including phenoxy) is 2. The first-order chi connectivity index (χ1) is 14.3. The van der Waals surface area contributed by atoms with Crippen LogP contribution in [0, 0.1) is 0 Å². The van der Waals surface area contributed by atoms with Gasteiger partial charge in [-0.1, -0.05) is 56.0 Å². The van der Waals surface area contributed by atoms with Crippen LogP contribution in [0.1, 0.15) is 25.2 Å². The minimum absolute atomic E-state index is 0.339. The van der Waals surface area contributed by atoms with Gasteiger partial charge in [-0.15, -0.1) is 0 Å². The Balaban J connectivity index is 1.79. The Morgan fingerprint density at radius 2 is 1.73 bits per heavy atom. The fraction of sp³-hybridized carbons (Fsp3) is 0.458. The van der Waals surface area contributed by atoms with Gasteiger partial charge >= 0.3 is 0 Å². The Labute approximate surface area is 181 Å². The number of aromatic nitrogens is 2. The topological polar surface area (TPSA) is 48.3 Å². The lowest BCUT2D eigenvalue weighted by atomic mass is 10.2. The predicted octanol–water partition coefficient (Wildman–Crippen LogP) is 5.89. The van der Waals surface area contributed by atoms with Gasteiger partial charge < -0.3 is 19.4 Å². The molecule has 0 saturated heterocycles. The molecule has 0 atom stereocenters. The molecular formula is C24H35N3O2Si. The van der Waals surface area contributed by atoms with Gasteiger partial charge in [0.05, 0.1) is 17.8 Å². The third-order valence-electron chi connectivity index (χ3n) is 4.86. The molecule has 1 N–H and O–H groups in total. The Kier molecular flexibility index (Phi) is 7.69. The van der Waals surface area contributed by atoms with Crippen LogP contribution < -0.4 is 5.32 Å². The smallest absolute Gasteiger partial charge is 0.138 e. The van der Waals surface area contributed by atoms with Crippen molar-refractivity contribution in [1.29, 1.82) is 0 Å². The van der Waals surface area contributed by atoms with E-state index in [2.05, 4.69) is 73.7 Å². The highest BCUT2D eigenvalue weighted by molar-refractivity contribution is 6.76. The number of rotatable bonds is 11. The fourth-order valence-corrected chi connectivity index (χ4v) is 4.00. The van der Waals surface area contributed by atoms with E-state index in [1.807, 2.05) is 18.2 Å². The van der Waals surface area contributed by atoms with Gasteiger partial charge in [0, 0.05) is 20.7 Å². The summed E-state index contributed by atoms with van der Waals surface area (Å²) in [5, 5.41) is 3.51. The summed E-state index contributed by atoms with van der Waals surface area (Å²) in [4.78, 5) is 4.93. The zero-order valence-electron chi connectivity index (χ0n) is 18.9. The van der Waals surface area contributed by atoms with E-state index >= 15 is 0 Å². The summed E-state index contributed by atoms with van der Waals surface area (Å²) in [6.07, 6.45) is 0. The molecule has 0 bridgehead atoms. The van der Waals surface area contributed by atoms with E-state index in [1.54, 1.807) is 0 Å². The van der Waals surface area contributed by atoms with Crippen LogP contribution in [0.5, 0.6) is 0 Å². The van der Waals surface area contributed by atoms with Crippen molar-refractivity contribution in [2.75, 3.05) is 11.9 Å². The highest BCUT2D eigenvalue weighted by Gasteiger charge is 2.16. The molecule has 162 valence electrons. The van der Waals surface area contributed by atoms with Crippen molar-refractivity contribution < 1.29 is 9.47 Å². The SMILES string of the molecule is CC(C)Nc1cccc2c1nc(COCc1ccccc1)n2COCC[Si](C)(C)C. The van der Waals surface area contributed by atoms with Crippen molar-refractivity contribution >= 4 is 24.8 Å². The molecule has 3 rings (SSSR count). The number of hydrogen-bond donors (Lipinski definition) is 1. The van der Waals surface area contributed by atoms with Crippen LogP contribution in [0.4, 0.5) is 5.69 Å². The second-order valence-corrected chi connectivity index (χ2v) is 14.9. The molecule has 0 fully saturated rings. The summed E-state index contributed by atoms with van der Waals surface area (Å²) in [6, 6.07) is 18.0. The van der Waals surface area contributed by atoms with Gasteiger partial charge in [0.25, 0.3) is 0 Å². The number of fused-ring (bicyclic) bond motifs is 1. The molecule has 0 radical (unpaired) electrons. The molecule has 0 aliphatic carbocycles. The van der Waals surface area contributed by atoms with Gasteiger partial charge in [0.15, 0.2) is 0 Å². The van der Waals surface area contributed by atoms with Crippen molar-refractivity contribution in [2.24, 2.45) is 0 Å². The third kappa shape index (κ3) is 6.42. The van der Waals surface area contributed by atoms with Gasteiger partial charge in [-0.2, -0.15) is 0 Å². The van der Waals surface area contributed by atoms with Crippen molar-refractivity contribution in [3.05, 3.63) is 59.9 Å². The van der Waals surface area contributed by atoms with E-state index in [4.69, 9.17) is 14.5 Å². The molecule has 30 heavy (non-hydrogen) atoms. The van der Waals surface area contributed by atoms with Crippen LogP contribution in [-0.4, -0.2) is 30.3 Å². The first-order valence-electron chi connectivity index (χ1n) is 10.8. The Bertz CT molecular complexity index is 933. The van der Waals surface area contributed by atoms with Crippen LogP contribution in [0.15, 0.2) is 48.5 Å². The fourth-order valence-electron chi connectivity index (χ4n) is 3.25. The summed E-state index contributed by atoms with van der Waals surface area (Å²) in [5.74, 6) is 0.895. The summed E-state index contributed by atoms with van der Waals surface area (Å²) in [7, 11) is -1.12. The summed E-state index contributed by atoms with van der Waals surface area (Å²) in [6.45, 7) is 13.7. The molecule has 0 aliphatic rings. The predicted molar refractivity (Wildman–Crippen MR) is 128 cm³/mol. The van der Waals surface area contributed by atoms with E-state index in [0.29, 0.717) is 26.0 Å². The van der Waals surface area contributed by atoms with Crippen LogP contribution in [0.25, 0.3) is 11.0 Å². The minimum atomic E-state index is -1.12. The Morgan fingerprint density at radius 3 is 2.43 bits per heavy atom. The molecule has 1 heterocycles. The summed E-state index contributed by atoms with van der Waals surface area (Å²) in [5.41, 5.74) is 4.26. The normalized spacial score (nSPS) is 12.1. The summed E-state index contributed by atoms with van der Waals surface area (Å²) < 4.78 is 14.2. The van der Waals surface area contributed by atoms with E-state index in [1.165, 1.54) is 0 Å². The zero-order chi connectivity index (χ0) is 21.6. The van der Waals surface area contributed by atoms with Gasteiger partial charge in [-0.3, -0.25) is 0 Å². The molecule has 3 aromatic rings. The molecule has 0 amide bonds. The van der Waals surface area contributed by atoms with Crippen molar-refractivity contribution in [3.63, 3.8) is 0 Å². The van der Waals surface area contributed by atoms with E-state index in [0.717, 1.165) is 40.8 Å². The van der Waals surface area contributed by atoms with Crippen molar-refractivity contribution in [2.45, 2.75) is 65.5 Å². The lowest BCUT2D eigenvalue weighted by molar-refractivity contribution is 0.0695. The lowest BCUT2D eigenvalue weighted by Crippen LogP contribution is -2.22. The average molecular weight is 426 g/mol. The zero-order valence-corrected chi connectivity index (χ0v) is 19.9. The maximum atomic E-state index is 6.07. The van der Waals surface area contributed by atoms with Crippen LogP contribution in [0.2, 0.25) is 25.7 Å². The quantitative estimate of drug-likeness (QED) is 0.307. The van der Waals surface area contributed by atoms with Crippen molar-refractivity contribution in [3.8, 4) is 0 Å². The van der Waals surface area contributed by atoms with E-state index in [9.17, 15) is 0 Å². The number of benzene rings is 2. The molecule has 0 saturated carbocycles. The number of nitrogens with one attached hydrogen (secondary N) is 1. The number of anilines is 1. The van der Waals surface area contributed by atoms with E-state index < -0.39 is 8.07 Å². The monoisotopic (exact) mass is 425 g/mol. The molecule has 0 spiro atoms. The highest BCUT2D eigenvalue weighted by Crippen LogP contribution is 2.25. The van der Waals surface area contributed by atoms with Gasteiger partial charge in [-0.05, 0) is 37.6 Å². The summed E-state index contributed by atoms with van der Waals surface area (Å²) >= 11 is 0. The first-order valence-corrected chi connectivity index (χ1v) is 14.5. The standard InChI is InChI=1S/C24H35N3O2Si/c1-19(2)25-21-12-9-13-22-24(21)26-23(17-29-16-20-10-7-6-8-11-20)27(22)18-28-14-15-30(3,4)5/h6-13,19,25H,14-18H2,1-5H3. The molecule has 0 aliphatic heterocycles. The Hall–Kier alpha value is -2.15. The molecule has 6 heteroatoms. The molecule has 0 unspecified atom stereocenters. The number of para-hydroxylation sites is 1. The highest BCUT2D eigenvalue weighted by atomic mass is 28.3. The van der Waals surface area contributed by atoms with Gasteiger partial charge in [0.1, 0.15) is 24.7 Å². The number of hydrogen-bond acceptors (Lipinski definition) is 4. The second-order valence-electron chi connectivity index (χ2n) is 9.25. The maximum Gasteiger partial charge on any atom is 0.138 e. The maximum absolute atomic E-state index is 6.07. The number of nitrogens with zero attached hydrogens (tertiary/aromatic N) is 2. The largest absolute Gasteiger partial charge is 0.381 e. The van der Waals surface area contributed by atoms with E-state index in [-0.39, 0.29) is 0 Å². The Morgan fingerprint density at radius 1 is 0.967 bits per heavy atom. The minimum Gasteiger partial charge on any atom is -0.381 e. The van der Waals surface area contributed by atoms with Crippen molar-refractivity contribution in [1.82, 2.24) is 9.55 Å². The molecule has 2 aromatic carbocycles. The van der Waals surface area contributed by atoms with Gasteiger partial charge in [0.2, 0.25) is 0 Å². The van der Waals surface area contributed by atoms with Gasteiger partial charge in [-0.25, -0.2) is 4.98 Å².